The van der Waals surface area contributed by atoms with Crippen molar-refractivity contribution in [2.24, 2.45) is 5.73 Å². The minimum atomic E-state index is 0.0304. The van der Waals surface area contributed by atoms with E-state index in [0.29, 0.717) is 12.6 Å². The summed E-state index contributed by atoms with van der Waals surface area (Å²) in [7, 11) is 1.72. The fraction of sp³-hybridized carbons (Fsp3) is 1.00. The molecule has 1 saturated carbocycles. The zero-order chi connectivity index (χ0) is 10.6. The maximum Gasteiger partial charge on any atom is 0.0776 e. The largest absolute Gasteiger partial charge is 0.379 e. The van der Waals surface area contributed by atoms with E-state index in [0.717, 1.165) is 25.7 Å². The normalized spacial score (nSPS) is 35.6. The van der Waals surface area contributed by atoms with E-state index < -0.39 is 0 Å². The van der Waals surface area contributed by atoms with E-state index in [1.807, 2.05) is 6.92 Å². The first-order valence-corrected chi connectivity index (χ1v) is 5.48. The van der Waals surface area contributed by atoms with Crippen LogP contribution in [0.1, 0.15) is 39.5 Å². The predicted octanol–water partition coefficient (Wildman–Crippen LogP) is 1.70. The monoisotopic (exact) mass is 201 g/mol. The topological polar surface area (TPSA) is 44.5 Å². The van der Waals surface area contributed by atoms with Crippen LogP contribution < -0.4 is 5.73 Å². The maximum atomic E-state index is 5.89. The minimum absolute atomic E-state index is 0.0304. The SMILES string of the molecule is COC(C)CO[C@]1(C)CC[C@@H](N)CC1. The average molecular weight is 201 g/mol. The summed E-state index contributed by atoms with van der Waals surface area (Å²) in [5.41, 5.74) is 5.89. The first-order valence-electron chi connectivity index (χ1n) is 5.48. The summed E-state index contributed by atoms with van der Waals surface area (Å²) in [4.78, 5) is 0. The van der Waals surface area contributed by atoms with Crippen LogP contribution in [-0.2, 0) is 9.47 Å². The number of rotatable bonds is 4. The van der Waals surface area contributed by atoms with Gasteiger partial charge in [-0.1, -0.05) is 0 Å². The molecule has 0 spiro atoms. The fourth-order valence-electron chi connectivity index (χ4n) is 1.78. The van der Waals surface area contributed by atoms with Gasteiger partial charge in [0.05, 0.1) is 18.3 Å². The lowest BCUT2D eigenvalue weighted by Crippen LogP contribution is -2.40. The molecule has 1 unspecified atom stereocenters. The van der Waals surface area contributed by atoms with E-state index in [1.165, 1.54) is 0 Å². The van der Waals surface area contributed by atoms with Crippen LogP contribution in [0.4, 0.5) is 0 Å². The molecule has 0 aromatic heterocycles. The lowest BCUT2D eigenvalue weighted by Gasteiger charge is -2.36. The second-order valence-electron chi connectivity index (χ2n) is 4.64. The van der Waals surface area contributed by atoms with Crippen LogP contribution in [0, 0.1) is 0 Å². The summed E-state index contributed by atoms with van der Waals surface area (Å²) in [5, 5.41) is 0. The molecular weight excluding hydrogens is 178 g/mol. The van der Waals surface area contributed by atoms with E-state index >= 15 is 0 Å². The molecule has 0 amide bonds. The van der Waals surface area contributed by atoms with Crippen molar-refractivity contribution < 1.29 is 9.47 Å². The Morgan fingerprint density at radius 2 is 2.00 bits per heavy atom. The molecule has 0 heterocycles. The Morgan fingerprint density at radius 1 is 1.43 bits per heavy atom. The van der Waals surface area contributed by atoms with Crippen LogP contribution in [0.5, 0.6) is 0 Å². The molecule has 14 heavy (non-hydrogen) atoms. The van der Waals surface area contributed by atoms with Gasteiger partial charge in [-0.3, -0.25) is 0 Å². The van der Waals surface area contributed by atoms with Gasteiger partial charge in [0, 0.05) is 13.2 Å². The zero-order valence-corrected chi connectivity index (χ0v) is 9.58. The van der Waals surface area contributed by atoms with Gasteiger partial charge in [0.1, 0.15) is 0 Å². The Hall–Kier alpha value is -0.120. The molecule has 84 valence electrons. The molecule has 0 aromatic rings. The van der Waals surface area contributed by atoms with Crippen LogP contribution in [0.25, 0.3) is 0 Å². The minimum Gasteiger partial charge on any atom is -0.379 e. The molecule has 0 saturated heterocycles. The van der Waals surface area contributed by atoms with Crippen molar-refractivity contribution in [2.75, 3.05) is 13.7 Å². The second kappa shape index (κ2) is 5.10. The molecule has 1 atom stereocenters. The van der Waals surface area contributed by atoms with Crippen molar-refractivity contribution in [3.63, 3.8) is 0 Å². The first-order chi connectivity index (χ1) is 6.56. The van der Waals surface area contributed by atoms with Crippen molar-refractivity contribution in [3.8, 4) is 0 Å². The van der Waals surface area contributed by atoms with Gasteiger partial charge in [-0.2, -0.15) is 0 Å². The van der Waals surface area contributed by atoms with Crippen molar-refractivity contribution in [2.45, 2.75) is 57.3 Å². The van der Waals surface area contributed by atoms with Gasteiger partial charge in [-0.25, -0.2) is 0 Å². The molecule has 1 fully saturated rings. The highest BCUT2D eigenvalue weighted by Crippen LogP contribution is 2.30. The maximum absolute atomic E-state index is 5.89. The molecular formula is C11H23NO2. The first kappa shape index (κ1) is 12.0. The van der Waals surface area contributed by atoms with Gasteiger partial charge in [0.15, 0.2) is 0 Å². The van der Waals surface area contributed by atoms with Crippen LogP contribution >= 0.6 is 0 Å². The Balaban J connectivity index is 2.28. The lowest BCUT2D eigenvalue weighted by atomic mass is 9.84. The van der Waals surface area contributed by atoms with Crippen LogP contribution in [-0.4, -0.2) is 31.5 Å². The summed E-state index contributed by atoms with van der Waals surface area (Å²) in [6, 6.07) is 0.381. The van der Waals surface area contributed by atoms with Crippen molar-refractivity contribution in [1.29, 1.82) is 0 Å². The molecule has 3 heteroatoms. The highest BCUT2D eigenvalue weighted by atomic mass is 16.5. The Labute approximate surface area is 86.9 Å². The number of hydrogen-bond acceptors (Lipinski definition) is 3. The van der Waals surface area contributed by atoms with E-state index in [-0.39, 0.29) is 11.7 Å². The summed E-state index contributed by atoms with van der Waals surface area (Å²) in [5.74, 6) is 0. The van der Waals surface area contributed by atoms with Crippen molar-refractivity contribution in [3.05, 3.63) is 0 Å². The summed E-state index contributed by atoms with van der Waals surface area (Å²) >= 11 is 0. The van der Waals surface area contributed by atoms with Crippen LogP contribution in [0.3, 0.4) is 0 Å². The van der Waals surface area contributed by atoms with Crippen LogP contribution in [0.2, 0.25) is 0 Å². The molecule has 1 rings (SSSR count). The van der Waals surface area contributed by atoms with Crippen LogP contribution in [0.15, 0.2) is 0 Å². The van der Waals surface area contributed by atoms with Gasteiger partial charge < -0.3 is 15.2 Å². The fourth-order valence-corrected chi connectivity index (χ4v) is 1.78. The van der Waals surface area contributed by atoms with Crippen molar-refractivity contribution >= 4 is 0 Å². The van der Waals surface area contributed by atoms with E-state index in [9.17, 15) is 0 Å². The summed E-state index contributed by atoms with van der Waals surface area (Å²) < 4.78 is 11.0. The highest BCUT2D eigenvalue weighted by Gasteiger charge is 2.30. The third kappa shape index (κ3) is 3.56. The van der Waals surface area contributed by atoms with E-state index in [1.54, 1.807) is 7.11 Å². The Morgan fingerprint density at radius 3 is 2.50 bits per heavy atom. The molecule has 3 nitrogen and oxygen atoms in total. The molecule has 1 aliphatic carbocycles. The number of methoxy groups -OCH3 is 1. The van der Waals surface area contributed by atoms with Gasteiger partial charge in [0.25, 0.3) is 0 Å². The quantitative estimate of drug-likeness (QED) is 0.753. The highest BCUT2D eigenvalue weighted by molar-refractivity contribution is 4.85. The van der Waals surface area contributed by atoms with Gasteiger partial charge in [-0.05, 0) is 39.5 Å². The molecule has 1 aliphatic rings. The zero-order valence-electron chi connectivity index (χ0n) is 9.58. The summed E-state index contributed by atoms with van der Waals surface area (Å²) in [6.45, 7) is 4.89. The van der Waals surface area contributed by atoms with Gasteiger partial charge in [0.2, 0.25) is 0 Å². The second-order valence-corrected chi connectivity index (χ2v) is 4.64. The molecule has 2 N–H and O–H groups in total. The standard InChI is InChI=1S/C11H23NO2/c1-9(13-3)8-14-11(2)6-4-10(12)5-7-11/h9-10H,4-8,12H2,1-3H3/t9?,10-,11-. The van der Waals surface area contributed by atoms with Crippen molar-refractivity contribution in [1.82, 2.24) is 0 Å². The smallest absolute Gasteiger partial charge is 0.0776 e. The third-order valence-electron chi connectivity index (χ3n) is 3.16. The summed E-state index contributed by atoms with van der Waals surface area (Å²) in [6.07, 6.45) is 4.49. The van der Waals surface area contributed by atoms with Gasteiger partial charge in [-0.15, -0.1) is 0 Å². The molecule has 0 aromatic carbocycles. The third-order valence-corrected chi connectivity index (χ3v) is 3.16. The molecule has 0 bridgehead atoms. The number of nitrogens with two attached hydrogens (primary N) is 1. The Bertz CT molecular complexity index is 165. The predicted molar refractivity (Wildman–Crippen MR) is 57.3 cm³/mol. The van der Waals surface area contributed by atoms with E-state index in [2.05, 4.69) is 6.92 Å². The molecule has 0 radical (unpaired) electrons. The van der Waals surface area contributed by atoms with Gasteiger partial charge >= 0.3 is 0 Å². The van der Waals surface area contributed by atoms with E-state index in [4.69, 9.17) is 15.2 Å². The molecule has 0 aliphatic heterocycles. The lowest BCUT2D eigenvalue weighted by molar-refractivity contribution is -0.0928. The Kier molecular flexibility index (Phi) is 4.35. The average Bonchev–Trinajstić information content (AvgIpc) is 2.20. The number of ether oxygens (including phenoxy) is 2. The number of hydrogen-bond donors (Lipinski definition) is 1.